The van der Waals surface area contributed by atoms with E-state index < -0.39 is 0 Å². The summed E-state index contributed by atoms with van der Waals surface area (Å²) in [7, 11) is 0. The van der Waals surface area contributed by atoms with Gasteiger partial charge in [-0.05, 0) is 0 Å². The molecule has 1 aromatic heterocycles. The summed E-state index contributed by atoms with van der Waals surface area (Å²) in [5, 5.41) is 0. The lowest BCUT2D eigenvalue weighted by atomic mass is 10.4. The second-order valence-electron chi connectivity index (χ2n) is 2.08. The Labute approximate surface area is 61.8 Å². The molecule has 1 aromatic rings. The third-order valence-electron chi connectivity index (χ3n) is 1.31. The molecule has 10 heavy (non-hydrogen) atoms. The van der Waals surface area contributed by atoms with Crippen LogP contribution in [0, 0.1) is 0 Å². The summed E-state index contributed by atoms with van der Waals surface area (Å²) in [6.07, 6.45) is 1.51. The fourth-order valence-corrected chi connectivity index (χ4v) is 1.08. The van der Waals surface area contributed by atoms with Crippen LogP contribution in [0.25, 0.3) is 0 Å². The van der Waals surface area contributed by atoms with Crippen molar-refractivity contribution in [1.82, 2.24) is 13.6 Å². The number of aromatic nitrogens is 2. The maximum atomic E-state index is 11.1. The van der Waals surface area contributed by atoms with Crippen LogP contribution < -0.4 is 0 Å². The molecule has 0 aromatic carbocycles. The third kappa shape index (κ3) is 0.881. The van der Waals surface area contributed by atoms with Crippen LogP contribution in [0.4, 0.5) is 0 Å². The van der Waals surface area contributed by atoms with Crippen LogP contribution >= 0.6 is 11.7 Å². The highest BCUT2D eigenvalue weighted by molar-refractivity contribution is 6.99. The smallest absolute Gasteiger partial charge is 0.275 e. The number of rotatable bonds is 1. The minimum atomic E-state index is 0.00810. The fraction of sp³-hybridized carbons (Fsp3) is 0.400. The highest BCUT2D eigenvalue weighted by Gasteiger charge is 2.26. The quantitative estimate of drug-likeness (QED) is 0.536. The molecule has 2 heterocycles. The van der Waals surface area contributed by atoms with Crippen LogP contribution in [-0.4, -0.2) is 32.6 Å². The molecule has 4 nitrogen and oxygen atoms in total. The van der Waals surface area contributed by atoms with Crippen molar-refractivity contribution in [3.05, 3.63) is 11.9 Å². The zero-order valence-corrected chi connectivity index (χ0v) is 5.97. The average molecular weight is 155 g/mol. The molecule has 5 heteroatoms. The fourth-order valence-electron chi connectivity index (χ4n) is 0.674. The van der Waals surface area contributed by atoms with E-state index in [0.717, 1.165) is 24.8 Å². The van der Waals surface area contributed by atoms with Crippen LogP contribution in [0.2, 0.25) is 0 Å². The molecular formula is C5H5N3OS. The first kappa shape index (κ1) is 5.79. The van der Waals surface area contributed by atoms with Gasteiger partial charge >= 0.3 is 0 Å². The van der Waals surface area contributed by atoms with Crippen molar-refractivity contribution in [2.24, 2.45) is 0 Å². The van der Waals surface area contributed by atoms with Crippen molar-refractivity contribution in [3.8, 4) is 0 Å². The Kier molecular flexibility index (Phi) is 1.17. The molecule has 1 fully saturated rings. The van der Waals surface area contributed by atoms with Gasteiger partial charge in [-0.3, -0.25) is 4.79 Å². The SMILES string of the molecule is O=C(c1cnsn1)N1CC1. The molecule has 0 spiro atoms. The van der Waals surface area contributed by atoms with Crippen molar-refractivity contribution in [2.75, 3.05) is 13.1 Å². The van der Waals surface area contributed by atoms with E-state index in [-0.39, 0.29) is 5.91 Å². The average Bonchev–Trinajstić information content (AvgIpc) is 2.65. The molecule has 2 rings (SSSR count). The second-order valence-corrected chi connectivity index (χ2v) is 2.64. The lowest BCUT2D eigenvalue weighted by Crippen LogP contribution is -2.10. The Bertz CT molecular complexity index is 241. The molecule has 0 N–H and O–H groups in total. The van der Waals surface area contributed by atoms with E-state index in [1.54, 1.807) is 4.90 Å². The Morgan fingerprint density at radius 2 is 2.50 bits per heavy atom. The minimum absolute atomic E-state index is 0.00810. The van der Waals surface area contributed by atoms with Crippen LogP contribution in [0.3, 0.4) is 0 Å². The zero-order chi connectivity index (χ0) is 6.97. The van der Waals surface area contributed by atoms with Gasteiger partial charge < -0.3 is 4.90 Å². The maximum Gasteiger partial charge on any atom is 0.275 e. The van der Waals surface area contributed by atoms with Crippen molar-refractivity contribution in [2.45, 2.75) is 0 Å². The molecule has 0 radical (unpaired) electrons. The predicted molar refractivity (Wildman–Crippen MR) is 35.8 cm³/mol. The Hall–Kier alpha value is -0.970. The molecule has 0 saturated carbocycles. The van der Waals surface area contributed by atoms with Crippen molar-refractivity contribution < 1.29 is 4.79 Å². The van der Waals surface area contributed by atoms with E-state index in [1.807, 2.05) is 0 Å². The molecule has 52 valence electrons. The van der Waals surface area contributed by atoms with Gasteiger partial charge in [0, 0.05) is 13.1 Å². The predicted octanol–water partition coefficient (Wildman–Crippen LogP) is -0.00610. The summed E-state index contributed by atoms with van der Waals surface area (Å²) in [5.74, 6) is 0.00810. The van der Waals surface area contributed by atoms with Gasteiger partial charge in [-0.1, -0.05) is 0 Å². The number of carbonyl (C=O) groups is 1. The lowest BCUT2D eigenvalue weighted by molar-refractivity contribution is 0.0881. The van der Waals surface area contributed by atoms with E-state index in [1.165, 1.54) is 6.20 Å². The first-order chi connectivity index (χ1) is 4.88. The molecule has 1 saturated heterocycles. The van der Waals surface area contributed by atoms with Gasteiger partial charge in [0.25, 0.3) is 5.91 Å². The molecule has 0 atom stereocenters. The normalized spacial score (nSPS) is 15.4. The highest BCUT2D eigenvalue weighted by Crippen LogP contribution is 2.09. The standard InChI is InChI=1S/C5H5N3OS/c9-5(8-1-2-8)4-3-6-10-7-4/h3H,1-2H2. The van der Waals surface area contributed by atoms with E-state index in [0.29, 0.717) is 5.69 Å². The van der Waals surface area contributed by atoms with Gasteiger partial charge in [0.05, 0.1) is 17.9 Å². The zero-order valence-electron chi connectivity index (χ0n) is 5.15. The monoisotopic (exact) mass is 155 g/mol. The van der Waals surface area contributed by atoms with E-state index >= 15 is 0 Å². The second kappa shape index (κ2) is 2.02. The van der Waals surface area contributed by atoms with E-state index in [2.05, 4.69) is 8.75 Å². The lowest BCUT2D eigenvalue weighted by Gasteiger charge is -1.92. The molecule has 0 unspecified atom stereocenters. The third-order valence-corrected chi connectivity index (χ3v) is 1.79. The summed E-state index contributed by atoms with van der Waals surface area (Å²) in [4.78, 5) is 12.8. The van der Waals surface area contributed by atoms with E-state index in [9.17, 15) is 4.79 Å². The largest absolute Gasteiger partial charge is 0.334 e. The molecule has 1 aliphatic heterocycles. The molecule has 1 aliphatic rings. The Balaban J connectivity index is 2.19. The summed E-state index contributed by atoms with van der Waals surface area (Å²) in [6, 6.07) is 0. The Morgan fingerprint density at radius 3 is 3.00 bits per heavy atom. The van der Waals surface area contributed by atoms with Crippen LogP contribution in [-0.2, 0) is 0 Å². The molecule has 1 amide bonds. The first-order valence-electron chi connectivity index (χ1n) is 2.95. The number of carbonyl (C=O) groups excluding carboxylic acids is 1. The van der Waals surface area contributed by atoms with Crippen molar-refractivity contribution >= 4 is 17.6 Å². The summed E-state index contributed by atoms with van der Waals surface area (Å²) in [6.45, 7) is 1.74. The highest BCUT2D eigenvalue weighted by atomic mass is 32.1. The maximum absolute atomic E-state index is 11.1. The van der Waals surface area contributed by atoms with Crippen molar-refractivity contribution in [1.29, 1.82) is 0 Å². The summed E-state index contributed by atoms with van der Waals surface area (Å²) >= 11 is 1.07. The number of amides is 1. The van der Waals surface area contributed by atoms with Crippen molar-refractivity contribution in [3.63, 3.8) is 0 Å². The summed E-state index contributed by atoms with van der Waals surface area (Å²) in [5.41, 5.74) is 0.475. The Morgan fingerprint density at radius 1 is 1.70 bits per heavy atom. The topological polar surface area (TPSA) is 45.9 Å². The van der Waals surface area contributed by atoms with Gasteiger partial charge in [0.15, 0.2) is 5.69 Å². The van der Waals surface area contributed by atoms with Crippen LogP contribution in [0.15, 0.2) is 6.20 Å². The minimum Gasteiger partial charge on any atom is -0.334 e. The number of nitrogens with zero attached hydrogens (tertiary/aromatic N) is 3. The first-order valence-corrected chi connectivity index (χ1v) is 3.68. The van der Waals surface area contributed by atoms with Gasteiger partial charge in [-0.25, -0.2) is 0 Å². The summed E-state index contributed by atoms with van der Waals surface area (Å²) < 4.78 is 7.55. The number of hydrogen-bond donors (Lipinski definition) is 0. The van der Waals surface area contributed by atoms with Gasteiger partial charge in [-0.2, -0.15) is 8.75 Å². The molecule has 0 aliphatic carbocycles. The van der Waals surface area contributed by atoms with E-state index in [4.69, 9.17) is 0 Å². The van der Waals surface area contributed by atoms with Gasteiger partial charge in [0.2, 0.25) is 0 Å². The van der Waals surface area contributed by atoms with Gasteiger partial charge in [0.1, 0.15) is 0 Å². The van der Waals surface area contributed by atoms with Crippen LogP contribution in [0.1, 0.15) is 10.5 Å². The number of hydrogen-bond acceptors (Lipinski definition) is 4. The molecule has 0 bridgehead atoms. The molecular weight excluding hydrogens is 150 g/mol. The van der Waals surface area contributed by atoms with Crippen LogP contribution in [0.5, 0.6) is 0 Å². The van der Waals surface area contributed by atoms with Gasteiger partial charge in [-0.15, -0.1) is 0 Å².